The highest BCUT2D eigenvalue weighted by Gasteiger charge is 2.12. The normalized spacial score (nSPS) is 19.3. The number of ether oxygens (including phenoxy) is 2. The molecule has 7 heteroatoms. The topological polar surface area (TPSA) is 24.9 Å². The van der Waals surface area contributed by atoms with Crippen LogP contribution in [0.2, 0.25) is 0 Å². The van der Waals surface area contributed by atoms with Crippen LogP contribution in [0.25, 0.3) is 0 Å². The van der Waals surface area contributed by atoms with Gasteiger partial charge >= 0.3 is 0 Å². The first-order valence-corrected chi connectivity index (χ1v) is 11.5. The number of hydrogen-bond donors (Lipinski definition) is 0. The summed E-state index contributed by atoms with van der Waals surface area (Å²) in [7, 11) is 4.36. The number of thioether (sulfide) groups is 1. The van der Waals surface area contributed by atoms with E-state index in [9.17, 15) is 0 Å². The van der Waals surface area contributed by atoms with Gasteiger partial charge in [0, 0.05) is 37.7 Å². The highest BCUT2D eigenvalue weighted by Crippen LogP contribution is 2.28. The van der Waals surface area contributed by atoms with Crippen molar-refractivity contribution in [2.24, 2.45) is 0 Å². The molecule has 0 saturated carbocycles. The Balaban J connectivity index is 1.64. The van der Waals surface area contributed by atoms with Gasteiger partial charge in [-0.25, -0.2) is 0 Å². The Hall–Kier alpha value is -0.730. The average Bonchev–Trinajstić information content (AvgIpc) is 3.21. The molecular formula is C18H26N2O2S3. The monoisotopic (exact) mass is 398 g/mol. The van der Waals surface area contributed by atoms with E-state index in [4.69, 9.17) is 9.47 Å². The lowest BCUT2D eigenvalue weighted by atomic mass is 10.3. The summed E-state index contributed by atoms with van der Waals surface area (Å²) in [6, 6.07) is 4.19. The molecule has 0 aliphatic carbocycles. The predicted octanol–water partition coefficient (Wildman–Crippen LogP) is 3.88. The van der Waals surface area contributed by atoms with Crippen LogP contribution in [0.4, 0.5) is 0 Å². The molecule has 2 aromatic heterocycles. The first kappa shape index (κ1) is 19.0. The molecule has 0 fully saturated rings. The zero-order valence-corrected chi connectivity index (χ0v) is 17.4. The van der Waals surface area contributed by atoms with Crippen molar-refractivity contribution in [2.75, 3.05) is 51.9 Å². The van der Waals surface area contributed by atoms with Gasteiger partial charge in [-0.1, -0.05) is 0 Å². The van der Waals surface area contributed by atoms with E-state index in [0.717, 1.165) is 62.4 Å². The fourth-order valence-electron chi connectivity index (χ4n) is 2.66. The van der Waals surface area contributed by atoms with Crippen molar-refractivity contribution in [3.05, 3.63) is 32.6 Å². The Kier molecular flexibility index (Phi) is 7.49. The molecule has 0 atom stereocenters. The fourth-order valence-corrected chi connectivity index (χ4v) is 5.05. The first-order valence-electron chi connectivity index (χ1n) is 8.55. The fraction of sp³-hybridized carbons (Fsp3) is 0.556. The van der Waals surface area contributed by atoms with Crippen LogP contribution in [-0.4, -0.2) is 61.7 Å². The Morgan fingerprint density at radius 3 is 1.76 bits per heavy atom. The zero-order chi connectivity index (χ0) is 17.5. The highest BCUT2D eigenvalue weighted by molar-refractivity contribution is 7.99. The SMILES string of the molecule is CN1CCN(C)Cc2sccc2OCCSCCOc2ccsc2C1. The third-order valence-electron chi connectivity index (χ3n) is 4.07. The summed E-state index contributed by atoms with van der Waals surface area (Å²) < 4.78 is 12.0. The molecule has 0 unspecified atom stereocenters. The third kappa shape index (κ3) is 5.89. The minimum atomic E-state index is 0.755. The van der Waals surface area contributed by atoms with E-state index in [-0.39, 0.29) is 0 Å². The lowest BCUT2D eigenvalue weighted by molar-refractivity contribution is 0.243. The minimum absolute atomic E-state index is 0.755. The molecule has 0 saturated heterocycles. The number of likely N-dealkylation sites (N-methyl/N-ethyl adjacent to an activating group) is 2. The second-order valence-corrected chi connectivity index (χ2v) is 9.43. The van der Waals surface area contributed by atoms with Crippen LogP contribution >= 0.6 is 34.4 Å². The van der Waals surface area contributed by atoms with Gasteiger partial charge in [-0.15, -0.1) is 22.7 Å². The van der Waals surface area contributed by atoms with Crippen LogP contribution in [-0.2, 0) is 13.1 Å². The van der Waals surface area contributed by atoms with Crippen LogP contribution in [0.5, 0.6) is 11.5 Å². The lowest BCUT2D eigenvalue weighted by Gasteiger charge is -2.22. The molecule has 0 N–H and O–H groups in total. The van der Waals surface area contributed by atoms with Crippen LogP contribution < -0.4 is 9.47 Å². The van der Waals surface area contributed by atoms with Gasteiger partial charge < -0.3 is 9.47 Å². The van der Waals surface area contributed by atoms with Gasteiger partial charge in [0.1, 0.15) is 11.5 Å². The number of thiophene rings is 2. The van der Waals surface area contributed by atoms with E-state index < -0.39 is 0 Å². The Labute approximate surface area is 162 Å². The van der Waals surface area contributed by atoms with Crippen molar-refractivity contribution in [1.82, 2.24) is 9.80 Å². The first-order chi connectivity index (χ1) is 12.2. The summed E-state index contributed by atoms with van der Waals surface area (Å²) in [5.41, 5.74) is 0. The zero-order valence-electron chi connectivity index (χ0n) is 14.9. The molecule has 2 aromatic rings. The van der Waals surface area contributed by atoms with Gasteiger partial charge in [0.25, 0.3) is 0 Å². The largest absolute Gasteiger partial charge is 0.492 e. The van der Waals surface area contributed by atoms with E-state index in [2.05, 4.69) is 46.8 Å². The van der Waals surface area contributed by atoms with Crippen LogP contribution in [0.15, 0.2) is 22.9 Å². The quantitative estimate of drug-likeness (QED) is 0.671. The van der Waals surface area contributed by atoms with E-state index in [1.54, 1.807) is 22.7 Å². The second-order valence-electron chi connectivity index (χ2n) is 6.20. The van der Waals surface area contributed by atoms with Gasteiger partial charge in [-0.05, 0) is 37.0 Å². The van der Waals surface area contributed by atoms with Gasteiger partial charge in [0.2, 0.25) is 0 Å². The summed E-state index contributed by atoms with van der Waals surface area (Å²) in [5, 5.41) is 4.25. The predicted molar refractivity (Wildman–Crippen MR) is 110 cm³/mol. The smallest absolute Gasteiger partial charge is 0.134 e. The number of hydrogen-bond acceptors (Lipinski definition) is 7. The number of nitrogens with zero attached hydrogens (tertiary/aromatic N) is 2. The average molecular weight is 399 g/mol. The molecule has 138 valence electrons. The van der Waals surface area contributed by atoms with Gasteiger partial charge in [-0.2, -0.15) is 11.8 Å². The Bertz CT molecular complexity index is 590. The van der Waals surface area contributed by atoms with Gasteiger partial charge in [0.05, 0.1) is 23.0 Å². The number of rotatable bonds is 0. The van der Waals surface area contributed by atoms with Crippen molar-refractivity contribution >= 4 is 34.4 Å². The third-order valence-corrected chi connectivity index (χ3v) is 6.75. The summed E-state index contributed by atoms with van der Waals surface area (Å²) in [6.45, 7) is 5.47. The highest BCUT2D eigenvalue weighted by atomic mass is 32.2. The second kappa shape index (κ2) is 9.83. The van der Waals surface area contributed by atoms with Crippen molar-refractivity contribution in [2.45, 2.75) is 13.1 Å². The van der Waals surface area contributed by atoms with Crippen LogP contribution in [0.3, 0.4) is 0 Å². The molecule has 1 aliphatic rings. The molecule has 1 aliphatic heterocycles. The minimum Gasteiger partial charge on any atom is -0.492 e. The Morgan fingerprint density at radius 1 is 0.800 bits per heavy atom. The van der Waals surface area contributed by atoms with E-state index in [1.165, 1.54) is 9.75 Å². The maximum atomic E-state index is 5.98. The summed E-state index contributed by atoms with van der Waals surface area (Å²) in [6.07, 6.45) is 0. The molecule has 0 amide bonds. The van der Waals surface area contributed by atoms with Crippen LogP contribution in [0.1, 0.15) is 9.75 Å². The van der Waals surface area contributed by atoms with Crippen molar-refractivity contribution < 1.29 is 9.47 Å². The maximum Gasteiger partial charge on any atom is 0.134 e. The molecule has 0 aromatic carbocycles. The molecule has 0 bridgehead atoms. The van der Waals surface area contributed by atoms with E-state index >= 15 is 0 Å². The molecule has 3 heterocycles. The summed E-state index contributed by atoms with van der Waals surface area (Å²) in [4.78, 5) is 7.38. The molecule has 25 heavy (non-hydrogen) atoms. The van der Waals surface area contributed by atoms with Crippen molar-refractivity contribution in [3.8, 4) is 11.5 Å². The maximum absolute atomic E-state index is 5.98. The summed E-state index contributed by atoms with van der Waals surface area (Å²) in [5.74, 6) is 4.09. The Morgan fingerprint density at radius 2 is 1.28 bits per heavy atom. The van der Waals surface area contributed by atoms with E-state index in [0.29, 0.717) is 0 Å². The molecule has 0 spiro atoms. The van der Waals surface area contributed by atoms with Crippen molar-refractivity contribution in [3.63, 3.8) is 0 Å². The van der Waals surface area contributed by atoms with Gasteiger partial charge in [-0.3, -0.25) is 9.80 Å². The summed E-state index contributed by atoms with van der Waals surface area (Å²) >= 11 is 5.46. The number of fused-ring (bicyclic) bond motifs is 2. The molecule has 0 radical (unpaired) electrons. The van der Waals surface area contributed by atoms with Gasteiger partial charge in [0.15, 0.2) is 0 Å². The molecule has 4 nitrogen and oxygen atoms in total. The van der Waals surface area contributed by atoms with Crippen molar-refractivity contribution in [1.29, 1.82) is 0 Å². The van der Waals surface area contributed by atoms with Crippen LogP contribution in [0, 0.1) is 0 Å². The molecule has 3 rings (SSSR count). The lowest BCUT2D eigenvalue weighted by Crippen LogP contribution is -2.30. The standard InChI is InChI=1S/C18H26N2O2S3/c1-19-5-6-20(2)14-18-16(4-10-25-18)22-8-12-23-11-7-21-15-3-9-24-17(15)13-19/h3-4,9-10H,5-8,11-14H2,1-2H3. The van der Waals surface area contributed by atoms with E-state index in [1.807, 2.05) is 11.8 Å². The molecular weight excluding hydrogens is 372 g/mol.